The van der Waals surface area contributed by atoms with Crippen LogP contribution in [-0.2, 0) is 12.7 Å². The number of hydrogen-bond acceptors (Lipinski definition) is 4. The molecule has 2 N–H and O–H groups in total. The van der Waals surface area contributed by atoms with Gasteiger partial charge in [-0.25, -0.2) is 0 Å². The molecule has 168 valence electrons. The number of benzene rings is 2. The van der Waals surface area contributed by atoms with E-state index in [-0.39, 0.29) is 39.6 Å². The second kappa shape index (κ2) is 9.50. The maximum Gasteiger partial charge on any atom is 0.453 e. The molecule has 3 aromatic rings. The number of phenolic OH excluding ortho intramolecular Hbond substituents is 1. The summed E-state index contributed by atoms with van der Waals surface area (Å²) in [5.74, 6) is -3.07. The van der Waals surface area contributed by atoms with Crippen LogP contribution in [0.4, 0.5) is 13.2 Å². The van der Waals surface area contributed by atoms with Crippen molar-refractivity contribution in [2.24, 2.45) is 0 Å². The smallest absolute Gasteiger partial charge is 0.453 e. The van der Waals surface area contributed by atoms with Crippen LogP contribution in [0.2, 0.25) is 5.02 Å². The maximum atomic E-state index is 13.9. The highest BCUT2D eigenvalue weighted by molar-refractivity contribution is 6.32. The monoisotopic (exact) mass is 466 g/mol. The fourth-order valence-electron chi connectivity index (χ4n) is 3.26. The molecule has 3 rings (SSSR count). The Morgan fingerprint density at radius 2 is 1.78 bits per heavy atom. The van der Waals surface area contributed by atoms with Gasteiger partial charge in [0.25, 0.3) is 5.76 Å². The van der Waals surface area contributed by atoms with E-state index in [2.05, 4.69) is 13.2 Å². The number of quaternary nitrogens is 1. The van der Waals surface area contributed by atoms with Crippen molar-refractivity contribution in [3.63, 3.8) is 0 Å². The van der Waals surface area contributed by atoms with E-state index in [0.717, 1.165) is 4.90 Å². The highest BCUT2D eigenvalue weighted by Gasteiger charge is 2.41. The third-order valence-electron chi connectivity index (χ3n) is 4.70. The first-order valence-corrected chi connectivity index (χ1v) is 9.91. The van der Waals surface area contributed by atoms with Crippen molar-refractivity contribution in [3.05, 3.63) is 88.3 Å². The lowest BCUT2D eigenvalue weighted by Crippen LogP contribution is -3.10. The first kappa shape index (κ1) is 23.4. The van der Waals surface area contributed by atoms with Crippen LogP contribution in [0.3, 0.4) is 0 Å². The van der Waals surface area contributed by atoms with Crippen LogP contribution >= 0.6 is 11.6 Å². The summed E-state index contributed by atoms with van der Waals surface area (Å²) in [7, 11) is 0. The average molecular weight is 467 g/mol. The van der Waals surface area contributed by atoms with Crippen molar-refractivity contribution >= 4 is 22.6 Å². The average Bonchev–Trinajstić information content (AvgIpc) is 2.72. The fraction of sp³-hybridized carbons (Fsp3) is 0.174. The molecule has 1 heterocycles. The first-order valence-electron chi connectivity index (χ1n) is 9.54. The lowest BCUT2D eigenvalue weighted by Gasteiger charge is -2.19. The van der Waals surface area contributed by atoms with Crippen molar-refractivity contribution in [1.82, 2.24) is 0 Å². The second-order valence-electron chi connectivity index (χ2n) is 6.97. The molecule has 9 heteroatoms. The number of alkyl halides is 3. The minimum atomic E-state index is -5.04. The third-order valence-corrected chi connectivity index (χ3v) is 5.01. The van der Waals surface area contributed by atoms with Gasteiger partial charge in [0.2, 0.25) is 11.2 Å². The van der Waals surface area contributed by atoms with Gasteiger partial charge in [-0.3, -0.25) is 4.79 Å². The van der Waals surface area contributed by atoms with Gasteiger partial charge in [0.1, 0.15) is 18.0 Å². The van der Waals surface area contributed by atoms with Gasteiger partial charge in [0, 0.05) is 0 Å². The molecule has 0 unspecified atom stereocenters. The molecule has 2 aromatic carbocycles. The summed E-state index contributed by atoms with van der Waals surface area (Å²) in [6.45, 7) is 8.30. The van der Waals surface area contributed by atoms with Gasteiger partial charge < -0.3 is 19.2 Å². The van der Waals surface area contributed by atoms with E-state index in [1.807, 2.05) is 0 Å². The topological polar surface area (TPSA) is 64.1 Å². The third kappa shape index (κ3) is 4.81. The number of rotatable bonds is 8. The molecule has 0 aliphatic carbocycles. The molecule has 0 radical (unpaired) electrons. The molecule has 0 bridgehead atoms. The molecule has 0 fully saturated rings. The Labute approximate surface area is 186 Å². The Kier molecular flexibility index (Phi) is 6.96. The number of hydrogen-bond donors (Lipinski definition) is 2. The van der Waals surface area contributed by atoms with Crippen molar-refractivity contribution in [2.75, 3.05) is 13.1 Å². The van der Waals surface area contributed by atoms with Crippen molar-refractivity contribution in [1.29, 1.82) is 0 Å². The minimum absolute atomic E-state index is 0.0274. The molecule has 0 aliphatic heterocycles. The Balaban J connectivity index is 2.25. The van der Waals surface area contributed by atoms with Gasteiger partial charge >= 0.3 is 6.18 Å². The summed E-state index contributed by atoms with van der Waals surface area (Å²) in [5.41, 5.74) is -1.33. The molecular formula is C23H20ClF3NO4+. The predicted octanol–water partition coefficient (Wildman–Crippen LogP) is 4.72. The van der Waals surface area contributed by atoms with Crippen LogP contribution < -0.4 is 15.1 Å². The van der Waals surface area contributed by atoms with Crippen LogP contribution in [0.5, 0.6) is 17.2 Å². The summed E-state index contributed by atoms with van der Waals surface area (Å²) < 4.78 is 52.1. The van der Waals surface area contributed by atoms with E-state index in [9.17, 15) is 23.1 Å². The van der Waals surface area contributed by atoms with E-state index in [0.29, 0.717) is 13.1 Å². The Morgan fingerprint density at radius 1 is 1.12 bits per heavy atom. The Bertz CT molecular complexity index is 1210. The number of para-hydroxylation sites is 1. The number of nitrogens with one attached hydrogen (secondary N) is 1. The van der Waals surface area contributed by atoms with Crippen LogP contribution in [0, 0.1) is 0 Å². The highest BCUT2D eigenvalue weighted by Crippen LogP contribution is 2.40. The standard InChI is InChI=1S/C23H19ClF3NO4/c1-3-11-28(12-4-2)13-15-17(29)10-9-14-19(30)21(22(23(25,26)27)32-20(14)15)31-18-8-6-5-7-16(18)24/h3-10,29H,1-2,11-13H2/p+1. The Hall–Kier alpha value is -3.23. The molecule has 0 atom stereocenters. The predicted molar refractivity (Wildman–Crippen MR) is 115 cm³/mol. The van der Waals surface area contributed by atoms with Gasteiger partial charge in [-0.2, -0.15) is 13.2 Å². The molecule has 0 spiro atoms. The molecule has 32 heavy (non-hydrogen) atoms. The maximum absolute atomic E-state index is 13.9. The number of ether oxygens (including phenoxy) is 1. The number of phenols is 1. The van der Waals surface area contributed by atoms with Gasteiger partial charge in [-0.1, -0.05) is 36.9 Å². The fourth-order valence-corrected chi connectivity index (χ4v) is 3.43. The summed E-state index contributed by atoms with van der Waals surface area (Å²) >= 11 is 5.98. The lowest BCUT2D eigenvalue weighted by atomic mass is 10.1. The van der Waals surface area contributed by atoms with Crippen molar-refractivity contribution in [2.45, 2.75) is 12.7 Å². The zero-order valence-corrected chi connectivity index (χ0v) is 17.6. The van der Waals surface area contributed by atoms with Crippen molar-refractivity contribution in [3.8, 4) is 17.2 Å². The number of halogens is 4. The zero-order chi connectivity index (χ0) is 23.5. The summed E-state index contributed by atoms with van der Waals surface area (Å²) in [5, 5.41) is 10.2. The van der Waals surface area contributed by atoms with E-state index < -0.39 is 23.1 Å². The largest absolute Gasteiger partial charge is 0.507 e. The van der Waals surface area contributed by atoms with Gasteiger partial charge in [0.05, 0.1) is 29.1 Å². The van der Waals surface area contributed by atoms with Gasteiger partial charge in [-0.05, 0) is 36.4 Å². The number of fused-ring (bicyclic) bond motifs is 1. The molecule has 5 nitrogen and oxygen atoms in total. The van der Waals surface area contributed by atoms with Crippen molar-refractivity contribution < 1.29 is 32.3 Å². The number of aromatic hydroxyl groups is 1. The first-order chi connectivity index (χ1) is 15.2. The molecular weight excluding hydrogens is 447 g/mol. The van der Waals surface area contributed by atoms with Crippen LogP contribution in [0.15, 0.2) is 70.9 Å². The minimum Gasteiger partial charge on any atom is -0.507 e. The van der Waals surface area contributed by atoms with Gasteiger partial charge in [-0.15, -0.1) is 0 Å². The van der Waals surface area contributed by atoms with E-state index in [4.69, 9.17) is 20.8 Å². The molecule has 0 aliphatic rings. The van der Waals surface area contributed by atoms with Crippen LogP contribution in [0.25, 0.3) is 11.0 Å². The normalized spacial score (nSPS) is 11.7. The highest BCUT2D eigenvalue weighted by atomic mass is 35.5. The van der Waals surface area contributed by atoms with E-state index in [1.165, 1.54) is 30.3 Å². The van der Waals surface area contributed by atoms with E-state index in [1.54, 1.807) is 18.2 Å². The summed E-state index contributed by atoms with van der Waals surface area (Å²) in [6.07, 6.45) is -1.77. The second-order valence-corrected chi connectivity index (χ2v) is 7.38. The summed E-state index contributed by atoms with van der Waals surface area (Å²) in [6, 6.07) is 8.25. The zero-order valence-electron chi connectivity index (χ0n) is 16.8. The quantitative estimate of drug-likeness (QED) is 0.471. The molecule has 0 saturated carbocycles. The summed E-state index contributed by atoms with van der Waals surface area (Å²) in [4.78, 5) is 13.9. The SMILES string of the molecule is C=CC[NH+](CC=C)Cc1c(O)ccc2c(=O)c(Oc3ccccc3Cl)c(C(F)(F)F)oc12. The van der Waals surface area contributed by atoms with Crippen LogP contribution in [-0.4, -0.2) is 18.2 Å². The Morgan fingerprint density at radius 3 is 2.38 bits per heavy atom. The lowest BCUT2D eigenvalue weighted by molar-refractivity contribution is -0.902. The molecule has 0 amide bonds. The van der Waals surface area contributed by atoms with Gasteiger partial charge in [0.15, 0.2) is 5.58 Å². The molecule has 1 aromatic heterocycles. The van der Waals surface area contributed by atoms with E-state index >= 15 is 0 Å². The van der Waals surface area contributed by atoms with Crippen LogP contribution in [0.1, 0.15) is 11.3 Å². The molecule has 0 saturated heterocycles.